The van der Waals surface area contributed by atoms with Gasteiger partial charge in [-0.1, -0.05) is 18.2 Å². The number of para-hydroxylation sites is 1. The second-order valence-corrected chi connectivity index (χ2v) is 4.06. The van der Waals surface area contributed by atoms with E-state index in [0.717, 1.165) is 18.6 Å². The van der Waals surface area contributed by atoms with Crippen LogP contribution in [0.15, 0.2) is 36.5 Å². The van der Waals surface area contributed by atoms with Crippen LogP contribution in [-0.4, -0.2) is 30.0 Å². The van der Waals surface area contributed by atoms with Gasteiger partial charge >= 0.3 is 0 Å². The van der Waals surface area contributed by atoms with Crippen LogP contribution in [0.2, 0.25) is 0 Å². The molecule has 100 valence electrons. The average molecular weight is 288 g/mol. The molecule has 0 unspecified atom stereocenters. The molecule has 0 spiro atoms. The zero-order chi connectivity index (χ0) is 11.4. The van der Waals surface area contributed by atoms with Crippen LogP contribution in [0.4, 0.5) is 0 Å². The molecule has 5 heteroatoms. The normalized spacial score (nSPS) is 9.94. The Bertz CT molecular complexity index is 476. The third-order valence-electron chi connectivity index (χ3n) is 2.61. The molecule has 1 aromatic heterocycles. The largest absolute Gasteiger partial charge is 0.329 e. The molecule has 0 aliphatic heterocycles. The molecular weight excluding hydrogens is 269 g/mol. The number of hydrogen-bond donors (Lipinski definition) is 1. The Morgan fingerprint density at radius 3 is 2.67 bits per heavy atom. The number of halogens is 2. The van der Waals surface area contributed by atoms with Gasteiger partial charge in [-0.2, -0.15) is 0 Å². The summed E-state index contributed by atoms with van der Waals surface area (Å²) in [6, 6.07) is 10.4. The molecule has 0 aliphatic rings. The van der Waals surface area contributed by atoms with E-state index < -0.39 is 0 Å². The van der Waals surface area contributed by atoms with Gasteiger partial charge in [-0.05, 0) is 24.7 Å². The lowest BCUT2D eigenvalue weighted by Crippen LogP contribution is -2.24. The van der Waals surface area contributed by atoms with Gasteiger partial charge in [-0.15, -0.1) is 24.8 Å². The fourth-order valence-electron chi connectivity index (χ4n) is 1.81. The number of likely N-dealkylation sites (N-methyl/N-ethyl adjacent to an activating group) is 1. The van der Waals surface area contributed by atoms with Gasteiger partial charge in [0, 0.05) is 31.2 Å². The fourth-order valence-corrected chi connectivity index (χ4v) is 1.81. The first kappa shape index (κ1) is 17.1. The maximum atomic E-state index is 5.52. The van der Waals surface area contributed by atoms with Crippen molar-refractivity contribution in [2.45, 2.75) is 6.54 Å². The standard InChI is InChI=1S/C13H17N3.2ClH/c1-16(7-6-14)10-11-8-12-4-2-3-5-13(12)15-9-11;;/h2-5,8-9H,6-7,10,14H2,1H3;2*1H. The van der Waals surface area contributed by atoms with Crippen LogP contribution in [-0.2, 0) is 6.54 Å². The zero-order valence-electron chi connectivity index (χ0n) is 10.4. The zero-order valence-corrected chi connectivity index (χ0v) is 12.0. The van der Waals surface area contributed by atoms with Gasteiger partial charge in [0.15, 0.2) is 0 Å². The number of rotatable bonds is 4. The topological polar surface area (TPSA) is 42.1 Å². The van der Waals surface area contributed by atoms with Crippen molar-refractivity contribution in [1.29, 1.82) is 0 Å². The Labute approximate surface area is 120 Å². The second kappa shape index (κ2) is 8.27. The summed E-state index contributed by atoms with van der Waals surface area (Å²) in [6.07, 6.45) is 1.94. The molecule has 2 N–H and O–H groups in total. The first-order valence-electron chi connectivity index (χ1n) is 5.52. The van der Waals surface area contributed by atoms with Gasteiger partial charge in [0.25, 0.3) is 0 Å². The monoisotopic (exact) mass is 287 g/mol. The maximum absolute atomic E-state index is 5.52. The van der Waals surface area contributed by atoms with E-state index in [2.05, 4.69) is 29.1 Å². The molecule has 1 aromatic carbocycles. The van der Waals surface area contributed by atoms with Crippen LogP contribution in [0.5, 0.6) is 0 Å². The number of nitrogens with two attached hydrogens (primary N) is 1. The highest BCUT2D eigenvalue weighted by Crippen LogP contribution is 2.13. The minimum absolute atomic E-state index is 0. The van der Waals surface area contributed by atoms with E-state index in [1.807, 2.05) is 24.4 Å². The molecule has 0 aliphatic carbocycles. The molecule has 0 amide bonds. The van der Waals surface area contributed by atoms with Crippen LogP contribution >= 0.6 is 24.8 Å². The summed E-state index contributed by atoms with van der Waals surface area (Å²) in [7, 11) is 2.07. The van der Waals surface area contributed by atoms with Gasteiger partial charge in [-0.25, -0.2) is 0 Å². The van der Waals surface area contributed by atoms with Crippen molar-refractivity contribution in [3.05, 3.63) is 42.1 Å². The number of fused-ring (bicyclic) bond motifs is 1. The lowest BCUT2D eigenvalue weighted by molar-refractivity contribution is 0.336. The predicted octanol–water partition coefficient (Wildman–Crippen LogP) is 2.47. The Morgan fingerprint density at radius 1 is 1.22 bits per heavy atom. The minimum atomic E-state index is 0. The highest BCUT2D eigenvalue weighted by molar-refractivity contribution is 5.85. The first-order valence-corrected chi connectivity index (χ1v) is 5.52. The van der Waals surface area contributed by atoms with Crippen LogP contribution in [0.3, 0.4) is 0 Å². The summed E-state index contributed by atoms with van der Waals surface area (Å²) >= 11 is 0. The van der Waals surface area contributed by atoms with Gasteiger partial charge in [-0.3, -0.25) is 4.98 Å². The Hall–Kier alpha value is -0.870. The molecule has 0 saturated carbocycles. The average Bonchev–Trinajstić information content (AvgIpc) is 2.29. The number of hydrogen-bond acceptors (Lipinski definition) is 3. The fraction of sp³-hybridized carbons (Fsp3) is 0.308. The van der Waals surface area contributed by atoms with Crippen LogP contribution in [0, 0.1) is 0 Å². The smallest absolute Gasteiger partial charge is 0.0702 e. The Morgan fingerprint density at radius 2 is 1.94 bits per heavy atom. The van der Waals surface area contributed by atoms with E-state index in [9.17, 15) is 0 Å². The number of aromatic nitrogens is 1. The molecule has 0 fully saturated rings. The number of nitrogens with zero attached hydrogens (tertiary/aromatic N) is 2. The summed E-state index contributed by atoms with van der Waals surface area (Å²) in [5.41, 5.74) is 7.80. The summed E-state index contributed by atoms with van der Waals surface area (Å²) in [5, 5.41) is 1.20. The SMILES string of the molecule is CN(CCN)Cc1cnc2ccccc2c1.Cl.Cl. The lowest BCUT2D eigenvalue weighted by atomic mass is 10.1. The van der Waals surface area contributed by atoms with Crippen molar-refractivity contribution in [2.24, 2.45) is 5.73 Å². The van der Waals surface area contributed by atoms with Crippen molar-refractivity contribution >= 4 is 35.7 Å². The van der Waals surface area contributed by atoms with E-state index in [0.29, 0.717) is 6.54 Å². The minimum Gasteiger partial charge on any atom is -0.329 e. The van der Waals surface area contributed by atoms with Crippen molar-refractivity contribution in [3.8, 4) is 0 Å². The van der Waals surface area contributed by atoms with Gasteiger partial charge in [0.1, 0.15) is 0 Å². The summed E-state index contributed by atoms with van der Waals surface area (Å²) < 4.78 is 0. The number of pyridine rings is 1. The molecular formula is C13H19Cl2N3. The molecule has 0 saturated heterocycles. The Balaban J connectivity index is 0.00000144. The predicted molar refractivity (Wildman–Crippen MR) is 81.6 cm³/mol. The molecule has 1 heterocycles. The Kier molecular flexibility index (Phi) is 7.87. The summed E-state index contributed by atoms with van der Waals surface area (Å²) in [4.78, 5) is 6.64. The van der Waals surface area contributed by atoms with E-state index in [-0.39, 0.29) is 24.8 Å². The number of benzene rings is 1. The third-order valence-corrected chi connectivity index (χ3v) is 2.61. The maximum Gasteiger partial charge on any atom is 0.0702 e. The van der Waals surface area contributed by atoms with Crippen LogP contribution < -0.4 is 5.73 Å². The van der Waals surface area contributed by atoms with Gasteiger partial charge < -0.3 is 10.6 Å². The molecule has 18 heavy (non-hydrogen) atoms. The third kappa shape index (κ3) is 4.42. The van der Waals surface area contributed by atoms with Crippen LogP contribution in [0.25, 0.3) is 10.9 Å². The summed E-state index contributed by atoms with van der Waals surface area (Å²) in [5.74, 6) is 0. The van der Waals surface area contributed by atoms with Crippen molar-refractivity contribution in [2.75, 3.05) is 20.1 Å². The van der Waals surface area contributed by atoms with Crippen LogP contribution in [0.1, 0.15) is 5.56 Å². The summed E-state index contributed by atoms with van der Waals surface area (Å²) in [6.45, 7) is 2.50. The molecule has 2 rings (SSSR count). The quantitative estimate of drug-likeness (QED) is 0.939. The van der Waals surface area contributed by atoms with Gasteiger partial charge in [0.05, 0.1) is 5.52 Å². The van der Waals surface area contributed by atoms with E-state index >= 15 is 0 Å². The van der Waals surface area contributed by atoms with Crippen molar-refractivity contribution in [3.63, 3.8) is 0 Å². The van der Waals surface area contributed by atoms with Crippen molar-refractivity contribution in [1.82, 2.24) is 9.88 Å². The van der Waals surface area contributed by atoms with E-state index in [4.69, 9.17) is 5.73 Å². The first-order chi connectivity index (χ1) is 7.79. The second-order valence-electron chi connectivity index (χ2n) is 4.06. The molecule has 2 aromatic rings. The molecule has 0 atom stereocenters. The van der Waals surface area contributed by atoms with E-state index in [1.165, 1.54) is 10.9 Å². The van der Waals surface area contributed by atoms with Gasteiger partial charge in [0.2, 0.25) is 0 Å². The highest BCUT2D eigenvalue weighted by atomic mass is 35.5. The molecule has 0 radical (unpaired) electrons. The molecule has 0 bridgehead atoms. The highest BCUT2D eigenvalue weighted by Gasteiger charge is 2.01. The molecule has 3 nitrogen and oxygen atoms in total. The lowest BCUT2D eigenvalue weighted by Gasteiger charge is -2.15. The van der Waals surface area contributed by atoms with E-state index in [1.54, 1.807) is 0 Å². The van der Waals surface area contributed by atoms with Crippen molar-refractivity contribution < 1.29 is 0 Å².